The van der Waals surface area contributed by atoms with Crippen LogP contribution in [0.4, 0.5) is 5.69 Å². The third-order valence-corrected chi connectivity index (χ3v) is 5.29. The normalized spacial score (nSPS) is 20.6. The largest absolute Gasteiger partial charge is 0.497 e. The van der Waals surface area contributed by atoms with Crippen LogP contribution in [0.15, 0.2) is 24.3 Å². The van der Waals surface area contributed by atoms with Gasteiger partial charge in [-0.1, -0.05) is 0 Å². The third kappa shape index (κ3) is 3.24. The van der Waals surface area contributed by atoms with Crippen LogP contribution in [0.1, 0.15) is 6.42 Å². The summed E-state index contributed by atoms with van der Waals surface area (Å²) in [6, 6.07) is 6.57. The SMILES string of the molecule is COc1ccc(N(C(=O)CCl)[C@@H]2CCS(=O)(=O)C2)cc1. The number of anilines is 1. The number of alkyl halides is 1. The molecule has 0 saturated carbocycles. The summed E-state index contributed by atoms with van der Waals surface area (Å²) < 4.78 is 28.3. The summed E-state index contributed by atoms with van der Waals surface area (Å²) in [5, 5.41) is 0. The molecule has 0 aromatic heterocycles. The van der Waals surface area contributed by atoms with E-state index in [2.05, 4.69) is 0 Å². The monoisotopic (exact) mass is 317 g/mol. The molecule has 0 radical (unpaired) electrons. The molecule has 20 heavy (non-hydrogen) atoms. The van der Waals surface area contributed by atoms with Gasteiger partial charge in [-0.25, -0.2) is 8.42 Å². The van der Waals surface area contributed by atoms with Crippen molar-refractivity contribution in [3.63, 3.8) is 0 Å². The molecule has 1 aliphatic rings. The first-order valence-corrected chi connectivity index (χ1v) is 8.55. The van der Waals surface area contributed by atoms with Crippen LogP contribution in [-0.4, -0.2) is 44.9 Å². The van der Waals surface area contributed by atoms with E-state index in [9.17, 15) is 13.2 Å². The molecule has 0 bridgehead atoms. The standard InChI is InChI=1S/C13H16ClNO4S/c1-19-12-4-2-10(3-5-12)15(13(16)8-14)11-6-7-20(17,18)9-11/h2-5,11H,6-9H2,1H3/t11-/m1/s1. The van der Waals surface area contributed by atoms with E-state index in [0.29, 0.717) is 17.9 Å². The van der Waals surface area contributed by atoms with Crippen LogP contribution in [0.25, 0.3) is 0 Å². The summed E-state index contributed by atoms with van der Waals surface area (Å²) in [6.45, 7) is 0. The topological polar surface area (TPSA) is 63.7 Å². The number of carbonyl (C=O) groups is 1. The summed E-state index contributed by atoms with van der Waals surface area (Å²) in [7, 11) is -1.51. The second-order valence-corrected chi connectivity index (χ2v) is 7.15. The van der Waals surface area contributed by atoms with Crippen molar-refractivity contribution in [2.75, 3.05) is 29.4 Å². The van der Waals surface area contributed by atoms with Crippen LogP contribution in [0.5, 0.6) is 5.75 Å². The van der Waals surface area contributed by atoms with Crippen LogP contribution in [0.2, 0.25) is 0 Å². The van der Waals surface area contributed by atoms with Crippen molar-refractivity contribution < 1.29 is 17.9 Å². The Hall–Kier alpha value is -1.27. The Morgan fingerprint density at radius 2 is 2.05 bits per heavy atom. The summed E-state index contributed by atoms with van der Waals surface area (Å²) >= 11 is 5.64. The third-order valence-electron chi connectivity index (χ3n) is 3.31. The summed E-state index contributed by atoms with van der Waals surface area (Å²) in [6.07, 6.45) is 0.441. The predicted molar refractivity (Wildman–Crippen MR) is 78.3 cm³/mol. The van der Waals surface area contributed by atoms with E-state index in [0.717, 1.165) is 0 Å². The van der Waals surface area contributed by atoms with Crippen molar-refractivity contribution in [1.82, 2.24) is 0 Å². The number of carbonyl (C=O) groups excluding carboxylic acids is 1. The van der Waals surface area contributed by atoms with Crippen LogP contribution in [0.3, 0.4) is 0 Å². The lowest BCUT2D eigenvalue weighted by molar-refractivity contribution is -0.116. The van der Waals surface area contributed by atoms with E-state index < -0.39 is 9.84 Å². The zero-order valence-corrected chi connectivity index (χ0v) is 12.7. The van der Waals surface area contributed by atoms with Gasteiger partial charge in [0.05, 0.1) is 24.7 Å². The number of benzene rings is 1. The van der Waals surface area contributed by atoms with Gasteiger partial charge in [0, 0.05) is 5.69 Å². The Balaban J connectivity index is 2.30. The lowest BCUT2D eigenvalue weighted by atomic mass is 10.2. The molecule has 2 rings (SSSR count). The first-order chi connectivity index (χ1) is 9.46. The number of rotatable bonds is 4. The lowest BCUT2D eigenvalue weighted by Crippen LogP contribution is -2.42. The van der Waals surface area contributed by atoms with Crippen LogP contribution in [-0.2, 0) is 14.6 Å². The molecule has 0 spiro atoms. The minimum atomic E-state index is -3.06. The van der Waals surface area contributed by atoms with Crippen molar-refractivity contribution in [3.8, 4) is 5.75 Å². The fourth-order valence-electron chi connectivity index (χ4n) is 2.34. The number of halogens is 1. The number of ether oxygens (including phenoxy) is 1. The minimum Gasteiger partial charge on any atom is -0.497 e. The highest BCUT2D eigenvalue weighted by molar-refractivity contribution is 7.91. The molecule has 7 heteroatoms. The average Bonchev–Trinajstić information content (AvgIpc) is 2.79. The van der Waals surface area contributed by atoms with Crippen molar-refractivity contribution in [1.29, 1.82) is 0 Å². The molecule has 110 valence electrons. The summed E-state index contributed by atoms with van der Waals surface area (Å²) in [5.74, 6) is 0.300. The molecule has 1 aliphatic heterocycles. The van der Waals surface area contributed by atoms with Crippen LogP contribution >= 0.6 is 11.6 Å². The molecule has 1 saturated heterocycles. The molecule has 1 amide bonds. The van der Waals surface area contributed by atoms with Gasteiger partial charge in [0.2, 0.25) is 5.91 Å². The molecule has 1 atom stereocenters. The number of amides is 1. The van der Waals surface area contributed by atoms with Gasteiger partial charge in [0.25, 0.3) is 0 Å². The van der Waals surface area contributed by atoms with Crippen molar-refractivity contribution in [3.05, 3.63) is 24.3 Å². The lowest BCUT2D eigenvalue weighted by Gasteiger charge is -2.27. The van der Waals surface area contributed by atoms with E-state index in [-0.39, 0.29) is 29.3 Å². The Morgan fingerprint density at radius 1 is 1.40 bits per heavy atom. The molecule has 1 aromatic rings. The van der Waals surface area contributed by atoms with E-state index in [1.807, 2.05) is 0 Å². The molecule has 1 heterocycles. The second-order valence-electron chi connectivity index (χ2n) is 4.65. The maximum atomic E-state index is 12.0. The Bertz CT molecular complexity index is 585. The quantitative estimate of drug-likeness (QED) is 0.789. The van der Waals surface area contributed by atoms with E-state index in [4.69, 9.17) is 16.3 Å². The number of methoxy groups -OCH3 is 1. The van der Waals surface area contributed by atoms with Gasteiger partial charge >= 0.3 is 0 Å². The fourth-order valence-corrected chi connectivity index (χ4v) is 4.17. The average molecular weight is 318 g/mol. The molecular formula is C13H16ClNO4S. The van der Waals surface area contributed by atoms with E-state index >= 15 is 0 Å². The van der Waals surface area contributed by atoms with Gasteiger partial charge in [0.15, 0.2) is 9.84 Å². The highest BCUT2D eigenvalue weighted by atomic mass is 35.5. The van der Waals surface area contributed by atoms with Crippen molar-refractivity contribution in [2.24, 2.45) is 0 Å². The molecule has 5 nitrogen and oxygen atoms in total. The first-order valence-electron chi connectivity index (χ1n) is 6.19. The maximum Gasteiger partial charge on any atom is 0.242 e. The van der Waals surface area contributed by atoms with Crippen molar-refractivity contribution in [2.45, 2.75) is 12.5 Å². The smallest absolute Gasteiger partial charge is 0.242 e. The zero-order chi connectivity index (χ0) is 14.8. The van der Waals surface area contributed by atoms with Gasteiger partial charge in [-0.2, -0.15) is 0 Å². The molecular weight excluding hydrogens is 302 g/mol. The molecule has 0 aliphatic carbocycles. The summed E-state index contributed by atoms with van der Waals surface area (Å²) in [4.78, 5) is 13.5. The molecule has 0 N–H and O–H groups in total. The van der Waals surface area contributed by atoms with Gasteiger partial charge < -0.3 is 9.64 Å². The number of sulfone groups is 1. The molecule has 0 unspecified atom stereocenters. The van der Waals surface area contributed by atoms with Gasteiger partial charge in [-0.3, -0.25) is 4.79 Å². The van der Waals surface area contributed by atoms with Crippen LogP contribution < -0.4 is 9.64 Å². The first kappa shape index (κ1) is 15.1. The molecule has 1 fully saturated rings. The zero-order valence-electron chi connectivity index (χ0n) is 11.1. The van der Waals surface area contributed by atoms with Crippen LogP contribution in [0, 0.1) is 0 Å². The fraction of sp³-hybridized carbons (Fsp3) is 0.462. The number of hydrogen-bond donors (Lipinski definition) is 0. The highest BCUT2D eigenvalue weighted by Gasteiger charge is 2.35. The predicted octanol–water partition coefficient (Wildman–Crippen LogP) is 1.45. The van der Waals surface area contributed by atoms with Gasteiger partial charge in [-0.15, -0.1) is 11.6 Å². The van der Waals surface area contributed by atoms with Gasteiger partial charge in [0.1, 0.15) is 11.6 Å². The highest BCUT2D eigenvalue weighted by Crippen LogP contribution is 2.26. The molecule has 1 aromatic carbocycles. The Morgan fingerprint density at radius 3 is 2.50 bits per heavy atom. The van der Waals surface area contributed by atoms with Gasteiger partial charge in [-0.05, 0) is 30.7 Å². The van der Waals surface area contributed by atoms with E-state index in [1.165, 1.54) is 4.90 Å². The number of nitrogens with zero attached hydrogens (tertiary/aromatic N) is 1. The maximum absolute atomic E-state index is 12.0. The second kappa shape index (κ2) is 6.01. The van der Waals surface area contributed by atoms with E-state index in [1.54, 1.807) is 31.4 Å². The van der Waals surface area contributed by atoms with Crippen molar-refractivity contribution >= 4 is 33.0 Å². The minimum absolute atomic E-state index is 0.0122. The summed E-state index contributed by atoms with van der Waals surface area (Å²) in [5.41, 5.74) is 0.638. The Labute approximate surface area is 123 Å². The number of hydrogen-bond acceptors (Lipinski definition) is 4. The Kier molecular flexibility index (Phi) is 4.55.